The lowest BCUT2D eigenvalue weighted by Crippen LogP contribution is -2.05. The van der Waals surface area contributed by atoms with Crippen LogP contribution in [0.4, 0.5) is 0 Å². The molecule has 0 atom stereocenters. The number of nitrogens with zero attached hydrogens (tertiary/aromatic N) is 2. The number of ketones is 1. The Morgan fingerprint density at radius 3 is 2.73 bits per heavy atom. The van der Waals surface area contributed by atoms with Crippen LogP contribution in [-0.2, 0) is 6.54 Å². The molecule has 0 unspecified atom stereocenters. The zero-order valence-corrected chi connectivity index (χ0v) is 17.2. The van der Waals surface area contributed by atoms with Gasteiger partial charge in [-0.1, -0.05) is 12.1 Å². The molecule has 0 saturated carbocycles. The van der Waals surface area contributed by atoms with Gasteiger partial charge in [0.15, 0.2) is 5.78 Å². The average molecular weight is 431 g/mol. The van der Waals surface area contributed by atoms with Gasteiger partial charge in [-0.25, -0.2) is 0 Å². The van der Waals surface area contributed by atoms with Crippen LogP contribution in [-0.4, -0.2) is 22.7 Å². The van der Waals surface area contributed by atoms with E-state index < -0.39 is 0 Å². The maximum Gasteiger partial charge on any atom is 0.195 e. The molecular weight excluding hydrogens is 412 g/mol. The van der Waals surface area contributed by atoms with Crippen molar-refractivity contribution < 1.29 is 9.53 Å². The van der Waals surface area contributed by atoms with E-state index in [2.05, 4.69) is 21.0 Å². The third-order valence-corrected chi connectivity index (χ3v) is 5.67. The van der Waals surface area contributed by atoms with Crippen LogP contribution < -0.4 is 4.74 Å². The fourth-order valence-corrected chi connectivity index (χ4v) is 4.07. The van der Waals surface area contributed by atoms with Crippen molar-refractivity contribution in [2.45, 2.75) is 20.4 Å². The molecule has 4 nitrogen and oxygen atoms in total. The molecular formula is C20H19BrN2O2S. The predicted molar refractivity (Wildman–Crippen MR) is 109 cm³/mol. The number of rotatable bonds is 6. The number of allylic oxidation sites excluding steroid dienone is 1. The average Bonchev–Trinajstić information content (AvgIpc) is 3.18. The van der Waals surface area contributed by atoms with Crippen molar-refractivity contribution in [3.8, 4) is 5.75 Å². The second-order valence-electron chi connectivity index (χ2n) is 5.98. The quantitative estimate of drug-likeness (QED) is 0.394. The number of hydrogen-bond donors (Lipinski definition) is 0. The highest BCUT2D eigenvalue weighted by Gasteiger charge is 2.09. The molecule has 1 aromatic carbocycles. The maximum absolute atomic E-state index is 12.2. The van der Waals surface area contributed by atoms with E-state index in [-0.39, 0.29) is 5.78 Å². The summed E-state index contributed by atoms with van der Waals surface area (Å²) in [5, 5.41) is 6.42. The lowest BCUT2D eigenvalue weighted by molar-refractivity contribution is 0.105. The molecule has 6 heteroatoms. The van der Waals surface area contributed by atoms with Gasteiger partial charge in [0.05, 0.1) is 24.2 Å². The standard InChI is InChI=1S/C20H19BrN2O2S/c1-13-8-14(2)23(22-13)11-16-9-15(5-7-19(16)25-3)4-6-18(24)20-10-17(21)12-26-20/h4-10,12H,11H2,1-3H3/b6-4+. The largest absolute Gasteiger partial charge is 0.496 e. The smallest absolute Gasteiger partial charge is 0.195 e. The summed E-state index contributed by atoms with van der Waals surface area (Å²) in [4.78, 5) is 13.0. The van der Waals surface area contributed by atoms with Gasteiger partial charge < -0.3 is 4.74 Å². The van der Waals surface area contributed by atoms with Gasteiger partial charge in [-0.05, 0) is 65.7 Å². The molecule has 2 heterocycles. The summed E-state index contributed by atoms with van der Waals surface area (Å²) >= 11 is 4.80. The van der Waals surface area contributed by atoms with Crippen molar-refractivity contribution in [2.75, 3.05) is 7.11 Å². The van der Waals surface area contributed by atoms with Crippen molar-refractivity contribution in [3.05, 3.63) is 73.7 Å². The second kappa shape index (κ2) is 8.01. The van der Waals surface area contributed by atoms with Crippen LogP contribution in [0.25, 0.3) is 6.08 Å². The van der Waals surface area contributed by atoms with E-state index in [0.717, 1.165) is 32.7 Å². The van der Waals surface area contributed by atoms with E-state index in [1.807, 2.05) is 60.3 Å². The van der Waals surface area contributed by atoms with E-state index in [1.54, 1.807) is 13.2 Å². The van der Waals surface area contributed by atoms with E-state index in [0.29, 0.717) is 11.4 Å². The number of methoxy groups -OCH3 is 1. The van der Waals surface area contributed by atoms with Crippen LogP contribution in [0.1, 0.15) is 32.2 Å². The molecule has 3 rings (SSSR count). The van der Waals surface area contributed by atoms with Crippen LogP contribution in [0.3, 0.4) is 0 Å². The van der Waals surface area contributed by atoms with Crippen LogP contribution in [0.2, 0.25) is 0 Å². The van der Waals surface area contributed by atoms with Crippen molar-refractivity contribution >= 4 is 39.1 Å². The van der Waals surface area contributed by atoms with Crippen LogP contribution in [0.15, 0.2) is 46.3 Å². The van der Waals surface area contributed by atoms with E-state index in [4.69, 9.17) is 4.74 Å². The topological polar surface area (TPSA) is 44.1 Å². The first-order chi connectivity index (χ1) is 12.5. The fourth-order valence-electron chi connectivity index (χ4n) is 2.72. The lowest BCUT2D eigenvalue weighted by Gasteiger charge is -2.11. The first-order valence-electron chi connectivity index (χ1n) is 8.10. The van der Waals surface area contributed by atoms with Crippen molar-refractivity contribution in [2.24, 2.45) is 0 Å². The number of halogens is 1. The monoisotopic (exact) mass is 430 g/mol. The van der Waals surface area contributed by atoms with Gasteiger partial charge in [0, 0.05) is 21.1 Å². The molecule has 0 amide bonds. The number of thiophene rings is 1. The Hall–Kier alpha value is -2.18. The zero-order valence-electron chi connectivity index (χ0n) is 14.8. The first-order valence-corrected chi connectivity index (χ1v) is 9.78. The number of carbonyl (C=O) groups is 1. The third kappa shape index (κ3) is 4.31. The van der Waals surface area contributed by atoms with Crippen LogP contribution in [0.5, 0.6) is 5.75 Å². The Labute approximate surface area is 165 Å². The van der Waals surface area contributed by atoms with Gasteiger partial charge in [-0.2, -0.15) is 5.10 Å². The molecule has 0 bridgehead atoms. The van der Waals surface area contributed by atoms with Gasteiger partial charge in [0.25, 0.3) is 0 Å². The summed E-state index contributed by atoms with van der Waals surface area (Å²) in [6, 6.07) is 9.78. The number of aromatic nitrogens is 2. The van der Waals surface area contributed by atoms with Crippen molar-refractivity contribution in [3.63, 3.8) is 0 Å². The molecule has 3 aromatic rings. The Morgan fingerprint density at radius 1 is 1.31 bits per heavy atom. The number of benzene rings is 1. The first kappa shape index (κ1) is 18.6. The van der Waals surface area contributed by atoms with Crippen LogP contribution >= 0.6 is 27.3 Å². The van der Waals surface area contributed by atoms with Crippen molar-refractivity contribution in [1.29, 1.82) is 0 Å². The minimum absolute atomic E-state index is 0.00314. The summed E-state index contributed by atoms with van der Waals surface area (Å²) in [6.07, 6.45) is 3.44. The van der Waals surface area contributed by atoms with Gasteiger partial charge in [-0.3, -0.25) is 9.48 Å². The molecule has 0 radical (unpaired) electrons. The minimum atomic E-state index is -0.00314. The lowest BCUT2D eigenvalue weighted by atomic mass is 10.1. The Morgan fingerprint density at radius 2 is 2.12 bits per heavy atom. The van der Waals surface area contributed by atoms with Crippen LogP contribution in [0, 0.1) is 13.8 Å². The molecule has 0 fully saturated rings. The maximum atomic E-state index is 12.2. The molecule has 0 saturated heterocycles. The summed E-state index contributed by atoms with van der Waals surface area (Å²) in [6.45, 7) is 4.64. The van der Waals surface area contributed by atoms with E-state index in [1.165, 1.54) is 11.3 Å². The highest BCUT2D eigenvalue weighted by Crippen LogP contribution is 2.24. The van der Waals surface area contributed by atoms with Gasteiger partial charge in [0.2, 0.25) is 0 Å². The molecule has 0 spiro atoms. The van der Waals surface area contributed by atoms with E-state index in [9.17, 15) is 4.79 Å². The highest BCUT2D eigenvalue weighted by molar-refractivity contribution is 9.10. The third-order valence-electron chi connectivity index (χ3n) is 3.97. The number of carbonyl (C=O) groups excluding carboxylic acids is 1. The molecule has 0 N–H and O–H groups in total. The SMILES string of the molecule is COc1ccc(/C=C/C(=O)c2cc(Br)cs2)cc1Cn1nc(C)cc1C. The summed E-state index contributed by atoms with van der Waals surface area (Å²) < 4.78 is 8.36. The Kier molecular flexibility index (Phi) is 5.74. The molecule has 2 aromatic heterocycles. The molecule has 26 heavy (non-hydrogen) atoms. The van der Waals surface area contributed by atoms with Gasteiger partial charge in [0.1, 0.15) is 5.75 Å². The molecule has 134 valence electrons. The fraction of sp³-hybridized carbons (Fsp3) is 0.200. The van der Waals surface area contributed by atoms with Gasteiger partial charge in [-0.15, -0.1) is 11.3 Å². The minimum Gasteiger partial charge on any atom is -0.496 e. The Bertz CT molecular complexity index is 972. The number of ether oxygens (including phenoxy) is 1. The normalized spacial score (nSPS) is 11.2. The summed E-state index contributed by atoms with van der Waals surface area (Å²) in [5.41, 5.74) is 4.06. The summed E-state index contributed by atoms with van der Waals surface area (Å²) in [5.74, 6) is 0.805. The number of aryl methyl sites for hydroxylation is 2. The molecule has 0 aliphatic carbocycles. The predicted octanol–water partition coefficient (Wildman–Crippen LogP) is 5.28. The number of hydrogen-bond acceptors (Lipinski definition) is 4. The molecule has 0 aliphatic heterocycles. The Balaban J connectivity index is 1.83. The zero-order chi connectivity index (χ0) is 18.7. The molecule has 0 aliphatic rings. The highest BCUT2D eigenvalue weighted by atomic mass is 79.9. The summed E-state index contributed by atoms with van der Waals surface area (Å²) in [7, 11) is 1.66. The second-order valence-corrected chi connectivity index (χ2v) is 7.81. The van der Waals surface area contributed by atoms with Crippen molar-refractivity contribution in [1.82, 2.24) is 9.78 Å². The van der Waals surface area contributed by atoms with Gasteiger partial charge >= 0.3 is 0 Å². The van der Waals surface area contributed by atoms with E-state index >= 15 is 0 Å².